The molecule has 158 valence electrons. The minimum absolute atomic E-state index is 0.00583. The fraction of sp³-hybridized carbons (Fsp3) is 0.160. The largest absolute Gasteiger partial charge is 0.475 e. The number of halogens is 1. The van der Waals surface area contributed by atoms with E-state index in [1.807, 2.05) is 30.3 Å². The zero-order valence-electron chi connectivity index (χ0n) is 17.0. The van der Waals surface area contributed by atoms with Gasteiger partial charge in [0, 0.05) is 33.4 Å². The molecule has 0 saturated carbocycles. The van der Waals surface area contributed by atoms with E-state index < -0.39 is 5.97 Å². The number of carboxylic acids is 1. The molecule has 0 saturated heterocycles. The Bertz CT molecular complexity index is 1210. The number of benzene rings is 3. The highest BCUT2D eigenvalue weighted by Crippen LogP contribution is 2.32. The van der Waals surface area contributed by atoms with Crippen LogP contribution in [0, 0.1) is 6.92 Å². The van der Waals surface area contributed by atoms with Gasteiger partial charge >= 0.3 is 5.97 Å². The molecule has 0 amide bonds. The van der Waals surface area contributed by atoms with E-state index in [0.29, 0.717) is 11.1 Å². The van der Waals surface area contributed by atoms with Crippen LogP contribution in [0.5, 0.6) is 0 Å². The number of nitrogens with zero attached hydrogens (tertiary/aromatic N) is 1. The van der Waals surface area contributed by atoms with E-state index >= 15 is 0 Å². The van der Waals surface area contributed by atoms with E-state index in [4.69, 9.17) is 4.42 Å². The second-order valence-corrected chi connectivity index (χ2v) is 9.33. The number of rotatable bonds is 8. The van der Waals surface area contributed by atoms with E-state index in [1.54, 1.807) is 18.9 Å². The van der Waals surface area contributed by atoms with Crippen molar-refractivity contribution >= 4 is 44.8 Å². The van der Waals surface area contributed by atoms with Gasteiger partial charge in [-0.05, 0) is 60.7 Å². The fourth-order valence-electron chi connectivity index (χ4n) is 3.48. The van der Waals surface area contributed by atoms with Gasteiger partial charge in [0.15, 0.2) is 0 Å². The van der Waals surface area contributed by atoms with Crippen LogP contribution in [0.3, 0.4) is 0 Å². The van der Waals surface area contributed by atoms with Crippen molar-refractivity contribution in [1.82, 2.24) is 4.31 Å². The third-order valence-electron chi connectivity index (χ3n) is 5.13. The molecule has 6 heteroatoms. The number of carbonyl (C=O) groups is 1. The van der Waals surface area contributed by atoms with Gasteiger partial charge in [-0.25, -0.2) is 9.10 Å². The summed E-state index contributed by atoms with van der Waals surface area (Å²) < 4.78 is 8.93. The molecule has 0 unspecified atom stereocenters. The first kappa shape index (κ1) is 21.7. The molecule has 0 spiro atoms. The average Bonchev–Trinajstić information content (AvgIpc) is 3.11. The van der Waals surface area contributed by atoms with Crippen LogP contribution in [-0.2, 0) is 13.0 Å². The summed E-state index contributed by atoms with van der Waals surface area (Å²) in [6.45, 7) is 3.44. The van der Waals surface area contributed by atoms with Crippen molar-refractivity contribution in [3.05, 3.63) is 99.7 Å². The third kappa shape index (κ3) is 5.21. The molecule has 4 rings (SSSR count). The first-order valence-corrected chi connectivity index (χ1v) is 11.5. The van der Waals surface area contributed by atoms with E-state index in [2.05, 4.69) is 62.7 Å². The minimum Gasteiger partial charge on any atom is -0.475 e. The average molecular weight is 496 g/mol. The van der Waals surface area contributed by atoms with Crippen molar-refractivity contribution in [2.45, 2.75) is 24.8 Å². The quantitative estimate of drug-likeness (QED) is 0.268. The summed E-state index contributed by atoms with van der Waals surface area (Å²) in [4.78, 5) is 12.4. The van der Waals surface area contributed by atoms with Crippen LogP contribution < -0.4 is 0 Å². The van der Waals surface area contributed by atoms with Crippen molar-refractivity contribution in [2.24, 2.45) is 0 Å². The maximum atomic E-state index is 11.4. The Morgan fingerprint density at radius 3 is 2.55 bits per heavy atom. The number of aryl methyl sites for hydroxylation is 1. The standard InChI is InChI=1S/C25H22BrNO3S/c1-17-21-15-20(11-12-23(21)30-24(17)25(28)29)31-27(14-13-18-7-3-2-4-8-18)16-19-9-5-6-10-22(19)26/h2-12,15H,13-14,16H2,1H3,(H,28,29). The first-order chi connectivity index (χ1) is 15.0. The molecular weight excluding hydrogens is 474 g/mol. The van der Waals surface area contributed by atoms with Crippen molar-refractivity contribution in [2.75, 3.05) is 6.54 Å². The normalized spacial score (nSPS) is 11.3. The first-order valence-electron chi connectivity index (χ1n) is 9.98. The Hall–Kier alpha value is -2.54. The second-order valence-electron chi connectivity index (χ2n) is 7.30. The summed E-state index contributed by atoms with van der Waals surface area (Å²) in [7, 11) is 0. The van der Waals surface area contributed by atoms with Gasteiger partial charge in [0.05, 0.1) is 0 Å². The predicted octanol–water partition coefficient (Wildman–Crippen LogP) is 6.95. The molecule has 0 aliphatic carbocycles. The van der Waals surface area contributed by atoms with E-state index in [1.165, 1.54) is 11.1 Å². The van der Waals surface area contributed by atoms with Crippen LogP contribution in [0.25, 0.3) is 11.0 Å². The fourth-order valence-corrected chi connectivity index (χ4v) is 4.88. The maximum absolute atomic E-state index is 11.4. The number of aromatic carboxylic acids is 1. The van der Waals surface area contributed by atoms with E-state index in [-0.39, 0.29) is 5.76 Å². The van der Waals surface area contributed by atoms with Crippen molar-refractivity contribution < 1.29 is 14.3 Å². The lowest BCUT2D eigenvalue weighted by Gasteiger charge is -2.22. The van der Waals surface area contributed by atoms with Crippen molar-refractivity contribution in [3.8, 4) is 0 Å². The summed E-state index contributed by atoms with van der Waals surface area (Å²) in [5.74, 6) is -1.03. The zero-order chi connectivity index (χ0) is 21.8. The number of hydrogen-bond donors (Lipinski definition) is 1. The Morgan fingerprint density at radius 2 is 1.81 bits per heavy atom. The van der Waals surface area contributed by atoms with Crippen LogP contribution in [0.2, 0.25) is 0 Å². The number of fused-ring (bicyclic) bond motifs is 1. The molecule has 1 heterocycles. The Morgan fingerprint density at radius 1 is 1.06 bits per heavy atom. The van der Waals surface area contributed by atoms with Crippen LogP contribution in [0.4, 0.5) is 0 Å². The number of furan rings is 1. The van der Waals surface area contributed by atoms with Crippen molar-refractivity contribution in [3.63, 3.8) is 0 Å². The molecule has 0 atom stereocenters. The molecule has 3 aromatic carbocycles. The van der Waals surface area contributed by atoms with Crippen LogP contribution in [0.1, 0.15) is 27.2 Å². The van der Waals surface area contributed by atoms with E-state index in [9.17, 15) is 9.90 Å². The zero-order valence-corrected chi connectivity index (χ0v) is 19.4. The number of hydrogen-bond acceptors (Lipinski definition) is 4. The highest BCUT2D eigenvalue weighted by Gasteiger charge is 2.18. The molecule has 31 heavy (non-hydrogen) atoms. The van der Waals surface area contributed by atoms with Gasteiger partial charge in [0.25, 0.3) is 0 Å². The summed E-state index contributed by atoms with van der Waals surface area (Å²) in [6.07, 6.45) is 0.939. The monoisotopic (exact) mass is 495 g/mol. The molecule has 0 bridgehead atoms. The summed E-state index contributed by atoms with van der Waals surface area (Å²) in [5, 5.41) is 10.2. The SMILES string of the molecule is Cc1c(C(=O)O)oc2ccc(SN(CCc3ccccc3)Cc3ccccc3Br)cc12. The lowest BCUT2D eigenvalue weighted by Crippen LogP contribution is -2.18. The highest BCUT2D eigenvalue weighted by molar-refractivity contribution is 9.10. The Balaban J connectivity index is 1.59. The topological polar surface area (TPSA) is 53.7 Å². The molecule has 0 aliphatic heterocycles. The molecule has 0 aliphatic rings. The molecular formula is C25H22BrNO3S. The molecule has 4 nitrogen and oxygen atoms in total. The minimum atomic E-state index is -1.04. The van der Waals surface area contributed by atoms with Gasteiger partial charge in [-0.3, -0.25) is 0 Å². The predicted molar refractivity (Wildman–Crippen MR) is 128 cm³/mol. The number of carboxylic acid groups (broad SMARTS) is 1. The van der Waals surface area contributed by atoms with Gasteiger partial charge in [0.1, 0.15) is 5.58 Å². The van der Waals surface area contributed by atoms with Gasteiger partial charge < -0.3 is 9.52 Å². The molecule has 1 aromatic heterocycles. The van der Waals surface area contributed by atoms with Crippen LogP contribution in [-0.4, -0.2) is 21.9 Å². The smallest absolute Gasteiger partial charge is 0.372 e. The Labute approximate surface area is 194 Å². The lowest BCUT2D eigenvalue weighted by atomic mass is 10.1. The van der Waals surface area contributed by atoms with Gasteiger partial charge in [-0.15, -0.1) is 0 Å². The summed E-state index contributed by atoms with van der Waals surface area (Å²) in [5.41, 5.74) is 3.77. The molecule has 0 radical (unpaired) electrons. The van der Waals surface area contributed by atoms with Gasteiger partial charge in [-0.2, -0.15) is 0 Å². The third-order valence-corrected chi connectivity index (χ3v) is 6.94. The van der Waals surface area contributed by atoms with Crippen LogP contribution >= 0.6 is 27.9 Å². The van der Waals surface area contributed by atoms with Gasteiger partial charge in [0.2, 0.25) is 5.76 Å². The second kappa shape index (κ2) is 9.73. The summed E-state index contributed by atoms with van der Waals surface area (Å²) >= 11 is 5.34. The maximum Gasteiger partial charge on any atom is 0.372 e. The highest BCUT2D eigenvalue weighted by atomic mass is 79.9. The molecule has 1 N–H and O–H groups in total. The van der Waals surface area contributed by atoms with Gasteiger partial charge in [-0.1, -0.05) is 64.5 Å². The molecule has 4 aromatic rings. The molecule has 0 fully saturated rings. The Kier molecular flexibility index (Phi) is 6.80. The van der Waals surface area contributed by atoms with E-state index in [0.717, 1.165) is 34.3 Å². The van der Waals surface area contributed by atoms with Crippen molar-refractivity contribution in [1.29, 1.82) is 0 Å². The lowest BCUT2D eigenvalue weighted by molar-refractivity contribution is 0.0664. The summed E-state index contributed by atoms with van der Waals surface area (Å²) in [6, 6.07) is 24.6. The van der Waals surface area contributed by atoms with Crippen LogP contribution in [0.15, 0.2) is 86.6 Å².